The summed E-state index contributed by atoms with van der Waals surface area (Å²) < 4.78 is 34.7. The van der Waals surface area contributed by atoms with E-state index >= 15 is 0 Å². The van der Waals surface area contributed by atoms with Gasteiger partial charge in [0.15, 0.2) is 23.0 Å². The van der Waals surface area contributed by atoms with Gasteiger partial charge in [-0.15, -0.1) is 0 Å². The van der Waals surface area contributed by atoms with E-state index in [9.17, 15) is 19.8 Å². The Morgan fingerprint density at radius 1 is 0.500 bits per heavy atom. The Morgan fingerprint density at radius 2 is 0.810 bits per heavy atom. The quantitative estimate of drug-likeness (QED) is 0.163. The van der Waals surface area contributed by atoms with Crippen molar-refractivity contribution in [1.82, 2.24) is 0 Å². The third-order valence-corrected chi connectivity index (χ3v) is 7.70. The lowest BCUT2D eigenvalue weighted by Crippen LogP contribution is -2.07. The number of phenols is 2. The van der Waals surface area contributed by atoms with Gasteiger partial charge in [0, 0.05) is 57.6 Å². The minimum atomic E-state index is -0.223. The molecule has 0 aliphatic heterocycles. The number of Topliss-reactive ketones (excluding diaryl/α,β-unsaturated/α-hetero) is 2. The first kappa shape index (κ1) is 28.7. The average Bonchev–Trinajstić information content (AvgIpc) is 2.96. The summed E-state index contributed by atoms with van der Waals surface area (Å²) >= 11 is 0. The molecule has 0 aliphatic carbocycles. The standard InChI is InChI=1S/C32H32O10/c1-13(33)9-15-21-22-16(10-14(2)34)32(42-8)30(36)26-20(40-6)12-18(38-4)24(28(22)26)23-17(37-3)11-19(39-5)25(27(21)23)29(35)31(15)41-7/h11-12,35-36H,9-10H2,1-8H3. The maximum Gasteiger partial charge on any atom is 0.169 e. The van der Waals surface area contributed by atoms with E-state index in [-0.39, 0.29) is 47.4 Å². The van der Waals surface area contributed by atoms with Crippen LogP contribution in [0.5, 0.6) is 46.0 Å². The predicted molar refractivity (Wildman–Crippen MR) is 159 cm³/mol. The maximum atomic E-state index is 12.7. The lowest BCUT2D eigenvalue weighted by atomic mass is 9.81. The highest BCUT2D eigenvalue weighted by Gasteiger charge is 2.33. The van der Waals surface area contributed by atoms with Gasteiger partial charge in [-0.25, -0.2) is 0 Å². The molecule has 0 bridgehead atoms. The number of carbonyl (C=O) groups is 2. The summed E-state index contributed by atoms with van der Waals surface area (Å²) in [6.45, 7) is 2.87. The number of hydrogen-bond acceptors (Lipinski definition) is 10. The molecule has 0 aliphatic rings. The molecule has 5 aromatic rings. The van der Waals surface area contributed by atoms with Crippen LogP contribution in [0, 0.1) is 0 Å². The van der Waals surface area contributed by atoms with Crippen LogP contribution in [-0.2, 0) is 22.4 Å². The van der Waals surface area contributed by atoms with E-state index in [4.69, 9.17) is 28.4 Å². The van der Waals surface area contributed by atoms with Crippen molar-refractivity contribution in [2.75, 3.05) is 42.7 Å². The molecule has 0 atom stereocenters. The molecule has 42 heavy (non-hydrogen) atoms. The molecular weight excluding hydrogens is 544 g/mol. The number of rotatable bonds is 10. The van der Waals surface area contributed by atoms with Gasteiger partial charge in [0.1, 0.15) is 34.6 Å². The topological polar surface area (TPSA) is 130 Å². The van der Waals surface area contributed by atoms with E-state index in [0.717, 1.165) is 0 Å². The Kier molecular flexibility index (Phi) is 7.18. The predicted octanol–water partition coefficient (Wildman–Crippen LogP) is 5.46. The van der Waals surface area contributed by atoms with Crippen molar-refractivity contribution in [3.8, 4) is 46.0 Å². The van der Waals surface area contributed by atoms with E-state index in [2.05, 4.69) is 0 Å². The third kappa shape index (κ3) is 3.85. The van der Waals surface area contributed by atoms with Crippen molar-refractivity contribution < 1.29 is 48.2 Å². The normalized spacial score (nSPS) is 11.4. The second-order valence-electron chi connectivity index (χ2n) is 10.0. The van der Waals surface area contributed by atoms with Crippen molar-refractivity contribution in [1.29, 1.82) is 0 Å². The van der Waals surface area contributed by atoms with E-state index in [1.807, 2.05) is 0 Å². The number of ketones is 2. The Balaban J connectivity index is 2.39. The molecule has 220 valence electrons. The van der Waals surface area contributed by atoms with Crippen LogP contribution in [0.15, 0.2) is 12.1 Å². The molecule has 0 fully saturated rings. The highest BCUT2D eigenvalue weighted by atomic mass is 16.5. The zero-order valence-electron chi connectivity index (χ0n) is 24.7. The van der Waals surface area contributed by atoms with Crippen LogP contribution < -0.4 is 28.4 Å². The zero-order valence-corrected chi connectivity index (χ0v) is 24.7. The van der Waals surface area contributed by atoms with Crippen LogP contribution in [0.3, 0.4) is 0 Å². The highest BCUT2D eigenvalue weighted by molar-refractivity contribution is 6.40. The van der Waals surface area contributed by atoms with Crippen LogP contribution in [-0.4, -0.2) is 64.4 Å². The molecule has 0 saturated heterocycles. The van der Waals surface area contributed by atoms with Crippen LogP contribution in [0.2, 0.25) is 0 Å². The van der Waals surface area contributed by atoms with Gasteiger partial charge in [0.05, 0.1) is 53.4 Å². The van der Waals surface area contributed by atoms with Gasteiger partial charge in [0.2, 0.25) is 0 Å². The summed E-state index contributed by atoms with van der Waals surface area (Å²) in [6.07, 6.45) is -0.219. The van der Waals surface area contributed by atoms with Crippen molar-refractivity contribution in [3.05, 3.63) is 23.3 Å². The number of ether oxygens (including phenoxy) is 6. The first-order valence-corrected chi connectivity index (χ1v) is 13.1. The molecule has 0 unspecified atom stereocenters. The van der Waals surface area contributed by atoms with E-state index < -0.39 is 0 Å². The number of aromatic hydroxyl groups is 2. The van der Waals surface area contributed by atoms with Gasteiger partial charge in [-0.1, -0.05) is 0 Å². The molecule has 5 aromatic carbocycles. The maximum absolute atomic E-state index is 12.7. The fraction of sp³-hybridized carbons (Fsp3) is 0.312. The van der Waals surface area contributed by atoms with Gasteiger partial charge in [-0.05, 0) is 24.6 Å². The van der Waals surface area contributed by atoms with Crippen LogP contribution in [0.4, 0.5) is 0 Å². The Bertz CT molecular complexity index is 1780. The Hall–Kier alpha value is -4.86. The zero-order chi connectivity index (χ0) is 30.6. The number of phenolic OH excluding ortho intramolecular Hbond substituents is 2. The second-order valence-corrected chi connectivity index (χ2v) is 10.0. The Labute approximate surface area is 241 Å². The molecule has 0 saturated carbocycles. The molecule has 0 heterocycles. The van der Waals surface area contributed by atoms with Crippen molar-refractivity contribution in [3.63, 3.8) is 0 Å². The number of methoxy groups -OCH3 is 6. The SMILES string of the molecule is COc1c(O)c2c(OC)cc(OC)c3c4c(OC)cc(OC)c5c(O)c(OC)c(CC(C)=O)c(c(c1CC(C)=O)c23)c54. The monoisotopic (exact) mass is 576 g/mol. The summed E-state index contributed by atoms with van der Waals surface area (Å²) in [5.41, 5.74) is 0.774. The third-order valence-electron chi connectivity index (χ3n) is 7.70. The average molecular weight is 577 g/mol. The minimum absolute atomic E-state index is 0.0781. The van der Waals surface area contributed by atoms with E-state index in [1.54, 1.807) is 12.1 Å². The second kappa shape index (κ2) is 10.5. The van der Waals surface area contributed by atoms with Crippen molar-refractivity contribution in [2.45, 2.75) is 26.7 Å². The van der Waals surface area contributed by atoms with E-state index in [1.165, 1.54) is 56.5 Å². The summed E-state index contributed by atoms with van der Waals surface area (Å²) in [5.74, 6) is 0.691. The number of fused-ring (bicyclic) bond motifs is 2. The van der Waals surface area contributed by atoms with Crippen LogP contribution in [0.1, 0.15) is 25.0 Å². The smallest absolute Gasteiger partial charge is 0.169 e. The summed E-state index contributed by atoms with van der Waals surface area (Å²) in [7, 11) is 8.76. The van der Waals surface area contributed by atoms with Gasteiger partial charge in [0.25, 0.3) is 0 Å². The number of benzene rings is 5. The first-order chi connectivity index (χ1) is 20.1. The fourth-order valence-corrected chi connectivity index (χ4v) is 6.25. The van der Waals surface area contributed by atoms with E-state index in [0.29, 0.717) is 77.2 Å². The summed E-state index contributed by atoms with van der Waals surface area (Å²) in [5, 5.41) is 27.0. The molecule has 0 spiro atoms. The molecular formula is C32H32O10. The lowest BCUT2D eigenvalue weighted by Gasteiger charge is -2.26. The molecule has 5 rings (SSSR count). The summed E-state index contributed by atoms with van der Waals surface area (Å²) in [4.78, 5) is 25.5. The highest BCUT2D eigenvalue weighted by Crippen LogP contribution is 2.59. The van der Waals surface area contributed by atoms with Gasteiger partial charge >= 0.3 is 0 Å². The largest absolute Gasteiger partial charge is 0.504 e. The van der Waals surface area contributed by atoms with Crippen LogP contribution >= 0.6 is 0 Å². The van der Waals surface area contributed by atoms with Crippen molar-refractivity contribution >= 4 is 54.7 Å². The van der Waals surface area contributed by atoms with Gasteiger partial charge in [-0.3, -0.25) is 9.59 Å². The molecule has 10 nitrogen and oxygen atoms in total. The van der Waals surface area contributed by atoms with Crippen molar-refractivity contribution in [2.24, 2.45) is 0 Å². The molecule has 0 radical (unpaired) electrons. The molecule has 0 aromatic heterocycles. The fourth-order valence-electron chi connectivity index (χ4n) is 6.25. The number of carbonyl (C=O) groups excluding carboxylic acids is 2. The van der Waals surface area contributed by atoms with Gasteiger partial charge in [-0.2, -0.15) is 0 Å². The lowest BCUT2D eigenvalue weighted by molar-refractivity contribution is -0.117. The molecule has 10 heteroatoms. The number of hydrogen-bond donors (Lipinski definition) is 2. The molecule has 0 amide bonds. The first-order valence-electron chi connectivity index (χ1n) is 13.1. The summed E-state index contributed by atoms with van der Waals surface area (Å²) in [6, 6.07) is 3.29. The van der Waals surface area contributed by atoms with Crippen LogP contribution in [0.25, 0.3) is 43.1 Å². The molecule has 2 N–H and O–H groups in total. The Morgan fingerprint density at radius 3 is 1.07 bits per heavy atom. The minimum Gasteiger partial charge on any atom is -0.504 e. The van der Waals surface area contributed by atoms with Gasteiger partial charge < -0.3 is 38.6 Å².